The Morgan fingerprint density at radius 1 is 0.943 bits per heavy atom. The first-order valence-corrected chi connectivity index (χ1v) is 12.6. The highest BCUT2D eigenvalue weighted by Crippen LogP contribution is 2.29. The standard InChI is InChI=1S/C26H28N2O6S/c1-4-16-33-22-11-9-21(10-12-22)26(29)34-24-15-8-20(17-25(24)32-5-2)18-27-28-35(30,31)23-13-6-19(3)7-14-23/h6-15,17-18,28H,4-5,16H2,1-3H3/b27-18+. The maximum absolute atomic E-state index is 12.6. The monoisotopic (exact) mass is 496 g/mol. The number of sulfonamides is 1. The summed E-state index contributed by atoms with van der Waals surface area (Å²) in [5.74, 6) is 0.704. The second-order valence-electron chi connectivity index (χ2n) is 7.57. The molecule has 0 aliphatic heterocycles. The SMILES string of the molecule is CCCOc1ccc(C(=O)Oc2ccc(/C=N/NS(=O)(=O)c3ccc(C)cc3)cc2OCC)cc1. The van der Waals surface area contributed by atoms with E-state index in [0.717, 1.165) is 12.0 Å². The fourth-order valence-corrected chi connectivity index (χ4v) is 3.76. The molecule has 0 aliphatic rings. The first kappa shape index (κ1) is 25.8. The molecule has 1 N–H and O–H groups in total. The maximum Gasteiger partial charge on any atom is 0.343 e. The number of aryl methyl sites for hydroxylation is 1. The Morgan fingerprint density at radius 3 is 2.31 bits per heavy atom. The van der Waals surface area contributed by atoms with Gasteiger partial charge in [-0.1, -0.05) is 24.6 Å². The Hall–Kier alpha value is -3.85. The van der Waals surface area contributed by atoms with Gasteiger partial charge < -0.3 is 14.2 Å². The summed E-state index contributed by atoms with van der Waals surface area (Å²) in [4.78, 5) is 14.9. The molecule has 0 radical (unpaired) electrons. The van der Waals surface area contributed by atoms with E-state index >= 15 is 0 Å². The lowest BCUT2D eigenvalue weighted by atomic mass is 10.2. The van der Waals surface area contributed by atoms with Gasteiger partial charge in [-0.25, -0.2) is 9.63 Å². The molecule has 0 atom stereocenters. The molecule has 0 unspecified atom stereocenters. The average molecular weight is 497 g/mol. The number of nitrogens with zero attached hydrogens (tertiary/aromatic N) is 1. The Morgan fingerprint density at radius 2 is 1.66 bits per heavy atom. The predicted molar refractivity (Wildman–Crippen MR) is 134 cm³/mol. The van der Waals surface area contributed by atoms with Gasteiger partial charge in [0.15, 0.2) is 11.5 Å². The Balaban J connectivity index is 1.70. The van der Waals surface area contributed by atoms with Crippen molar-refractivity contribution in [2.24, 2.45) is 5.10 Å². The second-order valence-corrected chi connectivity index (χ2v) is 9.23. The molecule has 0 aromatic heterocycles. The average Bonchev–Trinajstić information content (AvgIpc) is 2.85. The third-order valence-electron chi connectivity index (χ3n) is 4.75. The van der Waals surface area contributed by atoms with Gasteiger partial charge in [-0.05, 0) is 80.4 Å². The minimum absolute atomic E-state index is 0.113. The van der Waals surface area contributed by atoms with Gasteiger partial charge in [-0.15, -0.1) is 0 Å². The molecular formula is C26H28N2O6S. The van der Waals surface area contributed by atoms with Crippen LogP contribution in [0.3, 0.4) is 0 Å². The van der Waals surface area contributed by atoms with E-state index in [1.54, 1.807) is 61.5 Å². The van der Waals surface area contributed by atoms with Crippen LogP contribution in [0.2, 0.25) is 0 Å². The minimum Gasteiger partial charge on any atom is -0.494 e. The predicted octanol–water partition coefficient (Wildman–Crippen LogP) is 4.71. The third kappa shape index (κ3) is 7.31. The van der Waals surface area contributed by atoms with Crippen LogP contribution < -0.4 is 19.0 Å². The molecule has 3 aromatic rings. The van der Waals surface area contributed by atoms with Gasteiger partial charge in [-0.3, -0.25) is 0 Å². The normalized spacial score (nSPS) is 11.3. The molecule has 0 bridgehead atoms. The number of benzene rings is 3. The van der Waals surface area contributed by atoms with Gasteiger partial charge in [0.05, 0.1) is 29.9 Å². The molecule has 35 heavy (non-hydrogen) atoms. The fourth-order valence-electron chi connectivity index (χ4n) is 2.96. The lowest BCUT2D eigenvalue weighted by Crippen LogP contribution is -2.18. The molecule has 0 heterocycles. The van der Waals surface area contributed by atoms with Gasteiger partial charge in [-0.2, -0.15) is 13.5 Å². The van der Waals surface area contributed by atoms with Crippen molar-refractivity contribution < 1.29 is 27.4 Å². The smallest absolute Gasteiger partial charge is 0.343 e. The largest absolute Gasteiger partial charge is 0.494 e. The van der Waals surface area contributed by atoms with Crippen LogP contribution in [0.5, 0.6) is 17.2 Å². The summed E-state index contributed by atoms with van der Waals surface area (Å²) in [6, 6.07) is 17.9. The van der Waals surface area contributed by atoms with Gasteiger partial charge >= 0.3 is 5.97 Å². The van der Waals surface area contributed by atoms with Crippen LogP contribution in [-0.2, 0) is 10.0 Å². The van der Waals surface area contributed by atoms with Crippen LogP contribution in [-0.4, -0.2) is 33.8 Å². The number of ether oxygens (including phenoxy) is 3. The number of nitrogens with one attached hydrogen (secondary N) is 1. The van der Waals surface area contributed by atoms with Gasteiger partial charge in [0.1, 0.15) is 5.75 Å². The van der Waals surface area contributed by atoms with E-state index in [9.17, 15) is 13.2 Å². The highest BCUT2D eigenvalue weighted by atomic mass is 32.2. The zero-order chi connectivity index (χ0) is 25.3. The number of hydrogen-bond acceptors (Lipinski definition) is 7. The van der Waals surface area contributed by atoms with Crippen LogP contribution in [0.15, 0.2) is 76.7 Å². The Kier molecular flexibility index (Phi) is 8.86. The number of hydrogen-bond donors (Lipinski definition) is 1. The van der Waals surface area contributed by atoms with E-state index in [-0.39, 0.29) is 10.6 Å². The number of carbonyl (C=O) groups excluding carboxylic acids is 1. The van der Waals surface area contributed by atoms with Gasteiger partial charge in [0.2, 0.25) is 0 Å². The molecule has 9 heteroatoms. The number of carbonyl (C=O) groups is 1. The van der Waals surface area contributed by atoms with Crippen molar-refractivity contribution in [3.05, 3.63) is 83.4 Å². The summed E-state index contributed by atoms with van der Waals surface area (Å²) in [6.45, 7) is 6.64. The summed E-state index contributed by atoms with van der Waals surface area (Å²) in [6.07, 6.45) is 2.23. The van der Waals surface area contributed by atoms with E-state index in [4.69, 9.17) is 14.2 Å². The lowest BCUT2D eigenvalue weighted by molar-refractivity contribution is 0.0728. The molecule has 3 rings (SSSR count). The van der Waals surface area contributed by atoms with Crippen molar-refractivity contribution in [1.82, 2.24) is 4.83 Å². The first-order valence-electron chi connectivity index (χ1n) is 11.2. The summed E-state index contributed by atoms with van der Waals surface area (Å²) >= 11 is 0. The van der Waals surface area contributed by atoms with E-state index in [2.05, 4.69) is 9.93 Å². The molecule has 0 fully saturated rings. The minimum atomic E-state index is -3.79. The van der Waals surface area contributed by atoms with E-state index < -0.39 is 16.0 Å². The van der Waals surface area contributed by atoms with Gasteiger partial charge in [0, 0.05) is 0 Å². The zero-order valence-electron chi connectivity index (χ0n) is 19.9. The van der Waals surface area contributed by atoms with Crippen LogP contribution in [0.25, 0.3) is 0 Å². The van der Waals surface area contributed by atoms with Gasteiger partial charge in [0.25, 0.3) is 10.0 Å². The van der Waals surface area contributed by atoms with Crippen molar-refractivity contribution >= 4 is 22.2 Å². The van der Waals surface area contributed by atoms with Crippen LogP contribution in [0, 0.1) is 6.92 Å². The van der Waals surface area contributed by atoms with E-state index in [1.165, 1.54) is 18.3 Å². The second kappa shape index (κ2) is 12.0. The van der Waals surface area contributed by atoms with E-state index in [1.807, 2.05) is 13.8 Å². The molecule has 0 aliphatic carbocycles. The molecule has 0 saturated heterocycles. The highest BCUT2D eigenvalue weighted by molar-refractivity contribution is 7.89. The topological polar surface area (TPSA) is 103 Å². The Labute approximate surface area is 205 Å². The lowest BCUT2D eigenvalue weighted by Gasteiger charge is -2.12. The van der Waals surface area contributed by atoms with E-state index in [0.29, 0.717) is 35.8 Å². The van der Waals surface area contributed by atoms with Crippen LogP contribution in [0.4, 0.5) is 0 Å². The summed E-state index contributed by atoms with van der Waals surface area (Å²) in [7, 11) is -3.79. The third-order valence-corrected chi connectivity index (χ3v) is 5.99. The van der Waals surface area contributed by atoms with Crippen LogP contribution >= 0.6 is 0 Å². The molecule has 0 saturated carbocycles. The summed E-state index contributed by atoms with van der Waals surface area (Å²) < 4.78 is 41.4. The Bertz CT molecular complexity index is 1270. The quantitative estimate of drug-likeness (QED) is 0.178. The fraction of sp³-hybridized carbons (Fsp3) is 0.231. The first-order chi connectivity index (χ1) is 16.8. The van der Waals surface area contributed by atoms with Crippen molar-refractivity contribution in [2.75, 3.05) is 13.2 Å². The number of hydrazone groups is 1. The number of esters is 1. The van der Waals surface area contributed by atoms with Crippen molar-refractivity contribution in [2.45, 2.75) is 32.1 Å². The molecule has 184 valence electrons. The molecule has 0 spiro atoms. The van der Waals surface area contributed by atoms with Crippen molar-refractivity contribution in [3.63, 3.8) is 0 Å². The molecule has 0 amide bonds. The molecule has 3 aromatic carbocycles. The summed E-state index contributed by atoms with van der Waals surface area (Å²) in [5.41, 5.74) is 1.87. The molecule has 8 nitrogen and oxygen atoms in total. The number of rotatable bonds is 11. The highest BCUT2D eigenvalue weighted by Gasteiger charge is 2.14. The summed E-state index contributed by atoms with van der Waals surface area (Å²) in [5, 5.41) is 3.84. The zero-order valence-corrected chi connectivity index (χ0v) is 20.7. The van der Waals surface area contributed by atoms with Crippen molar-refractivity contribution in [1.29, 1.82) is 0 Å². The maximum atomic E-state index is 12.6. The molecular weight excluding hydrogens is 468 g/mol. The van der Waals surface area contributed by atoms with Crippen LogP contribution in [0.1, 0.15) is 41.8 Å². The van der Waals surface area contributed by atoms with Crippen molar-refractivity contribution in [3.8, 4) is 17.2 Å².